The normalized spacial score (nSPS) is 11.0. The highest BCUT2D eigenvalue weighted by atomic mass is 32.1. The van der Waals surface area contributed by atoms with Gasteiger partial charge in [-0.2, -0.15) is 0 Å². The highest BCUT2D eigenvalue weighted by molar-refractivity contribution is 7.10. The van der Waals surface area contributed by atoms with E-state index in [0.29, 0.717) is 5.01 Å². The van der Waals surface area contributed by atoms with Crippen molar-refractivity contribution in [2.75, 3.05) is 0 Å². The molecule has 0 radical (unpaired) electrons. The summed E-state index contributed by atoms with van der Waals surface area (Å²) in [4.78, 5) is 14.9. The number of thiazole rings is 1. The first kappa shape index (κ1) is 12.5. The number of nitrogens with zero attached hydrogens (tertiary/aromatic N) is 1. The number of rotatable bonds is 3. The van der Waals surface area contributed by atoms with Gasteiger partial charge < -0.3 is 5.11 Å². The van der Waals surface area contributed by atoms with Crippen LogP contribution in [0.1, 0.15) is 16.1 Å². The van der Waals surface area contributed by atoms with Crippen LogP contribution < -0.4 is 0 Å². The van der Waals surface area contributed by atoms with Crippen molar-refractivity contribution < 1.29 is 9.90 Å². The summed E-state index contributed by atoms with van der Waals surface area (Å²) in [5.74, 6) is -0.960. The van der Waals surface area contributed by atoms with Crippen molar-refractivity contribution in [2.45, 2.75) is 13.8 Å². The van der Waals surface area contributed by atoms with Gasteiger partial charge in [-0.05, 0) is 31.6 Å². The number of benzene rings is 1. The van der Waals surface area contributed by atoms with E-state index in [4.69, 9.17) is 5.11 Å². The van der Waals surface area contributed by atoms with Crippen molar-refractivity contribution in [1.82, 2.24) is 4.98 Å². The maximum atomic E-state index is 10.4. The Morgan fingerprint density at radius 3 is 2.89 bits per heavy atom. The van der Waals surface area contributed by atoms with Gasteiger partial charge in [0.1, 0.15) is 5.01 Å². The molecule has 0 amide bonds. The molecule has 2 aromatic rings. The standard InChI is InChI=1S/C14H13NO2S/c1-9-3-4-10(2)11(7-9)12-8-18-13(15-12)5-6-14(16)17/h3-8H,1-2H3,(H,16,17)/b6-5+. The summed E-state index contributed by atoms with van der Waals surface area (Å²) in [6, 6.07) is 6.22. The molecule has 1 aromatic heterocycles. The van der Waals surface area contributed by atoms with E-state index in [-0.39, 0.29) is 0 Å². The van der Waals surface area contributed by atoms with E-state index in [1.807, 2.05) is 19.2 Å². The van der Waals surface area contributed by atoms with Gasteiger partial charge in [-0.25, -0.2) is 9.78 Å². The summed E-state index contributed by atoms with van der Waals surface area (Å²) in [7, 11) is 0. The molecule has 0 fully saturated rings. The lowest BCUT2D eigenvalue weighted by Crippen LogP contribution is -1.86. The zero-order valence-electron chi connectivity index (χ0n) is 10.2. The molecular formula is C14H13NO2S. The van der Waals surface area contributed by atoms with Gasteiger partial charge in [-0.3, -0.25) is 0 Å². The highest BCUT2D eigenvalue weighted by Gasteiger charge is 2.06. The van der Waals surface area contributed by atoms with E-state index in [2.05, 4.69) is 23.2 Å². The SMILES string of the molecule is Cc1ccc(C)c(-c2csc(/C=C/C(=O)O)n2)c1. The number of carboxylic acid groups (broad SMARTS) is 1. The van der Waals surface area contributed by atoms with Crippen LogP contribution >= 0.6 is 11.3 Å². The minimum Gasteiger partial charge on any atom is -0.478 e. The van der Waals surface area contributed by atoms with Crippen LogP contribution in [0, 0.1) is 13.8 Å². The first-order valence-electron chi connectivity index (χ1n) is 5.50. The number of hydrogen-bond donors (Lipinski definition) is 1. The lowest BCUT2D eigenvalue weighted by atomic mass is 10.0. The Labute approximate surface area is 109 Å². The molecular weight excluding hydrogens is 246 g/mol. The van der Waals surface area contributed by atoms with Gasteiger partial charge in [-0.15, -0.1) is 11.3 Å². The molecule has 2 rings (SSSR count). The third kappa shape index (κ3) is 2.84. The highest BCUT2D eigenvalue weighted by Crippen LogP contribution is 2.26. The van der Waals surface area contributed by atoms with Gasteiger partial charge in [0.05, 0.1) is 5.69 Å². The Hall–Kier alpha value is -1.94. The second-order valence-electron chi connectivity index (χ2n) is 4.06. The van der Waals surface area contributed by atoms with E-state index in [1.165, 1.54) is 28.5 Å². The molecule has 1 N–H and O–H groups in total. The van der Waals surface area contributed by atoms with Gasteiger partial charge in [0.25, 0.3) is 0 Å². The average molecular weight is 259 g/mol. The van der Waals surface area contributed by atoms with E-state index < -0.39 is 5.97 Å². The van der Waals surface area contributed by atoms with Gasteiger partial charge in [0.2, 0.25) is 0 Å². The number of aromatic nitrogens is 1. The molecule has 1 aromatic carbocycles. The molecule has 0 saturated carbocycles. The summed E-state index contributed by atoms with van der Waals surface area (Å²) in [5.41, 5.74) is 4.35. The maximum absolute atomic E-state index is 10.4. The Balaban J connectivity index is 2.35. The number of hydrogen-bond acceptors (Lipinski definition) is 3. The van der Waals surface area contributed by atoms with Crippen molar-refractivity contribution in [2.24, 2.45) is 0 Å². The third-order valence-corrected chi connectivity index (χ3v) is 3.37. The van der Waals surface area contributed by atoms with Crippen LogP contribution in [0.4, 0.5) is 0 Å². The smallest absolute Gasteiger partial charge is 0.328 e. The van der Waals surface area contributed by atoms with Crippen molar-refractivity contribution in [3.05, 3.63) is 45.8 Å². The minimum atomic E-state index is -0.960. The maximum Gasteiger partial charge on any atom is 0.328 e. The van der Waals surface area contributed by atoms with Gasteiger partial charge in [-0.1, -0.05) is 17.7 Å². The molecule has 0 aliphatic carbocycles. The second kappa shape index (κ2) is 5.14. The van der Waals surface area contributed by atoms with Crippen LogP contribution in [0.5, 0.6) is 0 Å². The van der Waals surface area contributed by atoms with Crippen LogP contribution in [0.15, 0.2) is 29.7 Å². The van der Waals surface area contributed by atoms with Crippen LogP contribution in [0.3, 0.4) is 0 Å². The molecule has 0 aliphatic rings. The summed E-state index contributed by atoms with van der Waals surface area (Å²) >= 11 is 1.44. The largest absolute Gasteiger partial charge is 0.478 e. The fourth-order valence-corrected chi connectivity index (χ4v) is 2.35. The van der Waals surface area contributed by atoms with Crippen molar-refractivity contribution in [3.63, 3.8) is 0 Å². The predicted molar refractivity (Wildman–Crippen MR) is 73.7 cm³/mol. The zero-order chi connectivity index (χ0) is 13.1. The second-order valence-corrected chi connectivity index (χ2v) is 4.95. The van der Waals surface area contributed by atoms with Crippen LogP contribution in [0.2, 0.25) is 0 Å². The van der Waals surface area contributed by atoms with Crippen molar-refractivity contribution >= 4 is 23.4 Å². The van der Waals surface area contributed by atoms with Gasteiger partial charge in [0, 0.05) is 17.0 Å². The molecule has 4 heteroatoms. The topological polar surface area (TPSA) is 50.2 Å². The summed E-state index contributed by atoms with van der Waals surface area (Å²) in [6.07, 6.45) is 2.62. The molecule has 1 heterocycles. The molecule has 3 nitrogen and oxygen atoms in total. The zero-order valence-corrected chi connectivity index (χ0v) is 11.0. The quantitative estimate of drug-likeness (QED) is 0.858. The number of aryl methyl sites for hydroxylation is 2. The predicted octanol–water partition coefficient (Wildman–Crippen LogP) is 3.52. The fourth-order valence-electron chi connectivity index (χ4n) is 1.64. The lowest BCUT2D eigenvalue weighted by molar-refractivity contribution is -0.131. The Morgan fingerprint density at radius 2 is 2.17 bits per heavy atom. The number of carbonyl (C=O) groups is 1. The summed E-state index contributed by atoms with van der Waals surface area (Å²) in [6.45, 7) is 4.08. The first-order valence-corrected chi connectivity index (χ1v) is 6.38. The average Bonchev–Trinajstić information content (AvgIpc) is 2.78. The fraction of sp³-hybridized carbons (Fsp3) is 0.143. The molecule has 0 bridgehead atoms. The molecule has 0 spiro atoms. The molecule has 92 valence electrons. The van der Waals surface area contributed by atoms with E-state index >= 15 is 0 Å². The van der Waals surface area contributed by atoms with Crippen LogP contribution in [-0.4, -0.2) is 16.1 Å². The van der Waals surface area contributed by atoms with E-state index in [1.54, 1.807) is 0 Å². The minimum absolute atomic E-state index is 0.702. The van der Waals surface area contributed by atoms with Gasteiger partial charge >= 0.3 is 5.97 Å². The first-order chi connectivity index (χ1) is 8.56. The molecule has 0 aliphatic heterocycles. The van der Waals surface area contributed by atoms with E-state index in [0.717, 1.165) is 17.3 Å². The lowest BCUT2D eigenvalue weighted by Gasteiger charge is -2.03. The molecule has 18 heavy (non-hydrogen) atoms. The Morgan fingerprint density at radius 1 is 1.39 bits per heavy atom. The summed E-state index contributed by atoms with van der Waals surface area (Å²) < 4.78 is 0. The number of aliphatic carboxylic acids is 1. The Kier molecular flexibility index (Phi) is 3.58. The summed E-state index contributed by atoms with van der Waals surface area (Å²) in [5, 5.41) is 11.2. The number of carboxylic acids is 1. The van der Waals surface area contributed by atoms with Crippen LogP contribution in [0.25, 0.3) is 17.3 Å². The van der Waals surface area contributed by atoms with E-state index in [9.17, 15) is 4.79 Å². The third-order valence-electron chi connectivity index (χ3n) is 2.56. The monoisotopic (exact) mass is 259 g/mol. The Bertz CT molecular complexity index is 614. The van der Waals surface area contributed by atoms with Gasteiger partial charge in [0.15, 0.2) is 0 Å². The van der Waals surface area contributed by atoms with Crippen molar-refractivity contribution in [3.8, 4) is 11.3 Å². The molecule has 0 unspecified atom stereocenters. The van der Waals surface area contributed by atoms with Crippen LogP contribution in [-0.2, 0) is 4.79 Å². The molecule has 0 atom stereocenters. The van der Waals surface area contributed by atoms with Crippen molar-refractivity contribution in [1.29, 1.82) is 0 Å². The molecule has 0 saturated heterocycles.